The Morgan fingerprint density at radius 2 is 1.93 bits per heavy atom. The Balaban J connectivity index is 1.96. The summed E-state index contributed by atoms with van der Waals surface area (Å²) in [5.41, 5.74) is 0.878. The highest BCUT2D eigenvalue weighted by molar-refractivity contribution is 6.41. The number of Topliss-reactive ketones (excluding diaryl/α,β-unsaturated/α-hetero) is 1. The SMILES string of the molecule is CCOC(=O)C1=Nc2nnnn2C(c2cccc3ccccc23)C1C(C)=O. The highest BCUT2D eigenvalue weighted by Crippen LogP contribution is 2.38. The lowest BCUT2D eigenvalue weighted by Gasteiger charge is -2.30. The molecule has 4 rings (SSSR count). The summed E-state index contributed by atoms with van der Waals surface area (Å²) in [5, 5.41) is 13.6. The van der Waals surface area contributed by atoms with Crippen molar-refractivity contribution in [2.45, 2.75) is 19.9 Å². The summed E-state index contributed by atoms with van der Waals surface area (Å²) in [5.74, 6) is -1.50. The van der Waals surface area contributed by atoms with Gasteiger partial charge in [0.25, 0.3) is 5.95 Å². The maximum atomic E-state index is 12.6. The van der Waals surface area contributed by atoms with Crippen LogP contribution in [0.5, 0.6) is 0 Å². The second kappa shape index (κ2) is 6.71. The lowest BCUT2D eigenvalue weighted by molar-refractivity contribution is -0.136. The standard InChI is InChI=1S/C19H17N5O3/c1-3-27-18(26)16-15(11(2)25)17(24-19(20-16)21-22-23-24)14-10-6-8-12-7-4-5-9-13(12)14/h4-10,15,17H,3H2,1-2H3. The molecule has 0 radical (unpaired) electrons. The first kappa shape index (κ1) is 17.0. The molecular formula is C19H17N5O3. The Morgan fingerprint density at radius 1 is 1.15 bits per heavy atom. The molecule has 8 nitrogen and oxygen atoms in total. The van der Waals surface area contributed by atoms with Crippen LogP contribution in [-0.4, -0.2) is 44.3 Å². The molecule has 136 valence electrons. The number of hydrogen-bond acceptors (Lipinski definition) is 7. The second-order valence-corrected chi connectivity index (χ2v) is 6.24. The van der Waals surface area contributed by atoms with Crippen LogP contribution in [0.2, 0.25) is 0 Å². The van der Waals surface area contributed by atoms with Crippen molar-refractivity contribution >= 4 is 34.2 Å². The van der Waals surface area contributed by atoms with E-state index in [0.29, 0.717) is 0 Å². The van der Waals surface area contributed by atoms with E-state index < -0.39 is 17.9 Å². The van der Waals surface area contributed by atoms with Gasteiger partial charge < -0.3 is 4.74 Å². The lowest BCUT2D eigenvalue weighted by atomic mass is 9.83. The summed E-state index contributed by atoms with van der Waals surface area (Å²) in [6, 6.07) is 13.1. The molecule has 0 aliphatic carbocycles. The number of fused-ring (bicyclic) bond motifs is 2. The Labute approximate surface area is 154 Å². The summed E-state index contributed by atoms with van der Waals surface area (Å²) in [6.07, 6.45) is 0. The van der Waals surface area contributed by atoms with Gasteiger partial charge in [0.15, 0.2) is 0 Å². The largest absolute Gasteiger partial charge is 0.461 e. The minimum Gasteiger partial charge on any atom is -0.461 e. The number of hydrogen-bond donors (Lipinski definition) is 0. The van der Waals surface area contributed by atoms with Crippen molar-refractivity contribution in [3.63, 3.8) is 0 Å². The van der Waals surface area contributed by atoms with Crippen molar-refractivity contribution in [3.05, 3.63) is 48.0 Å². The van der Waals surface area contributed by atoms with Gasteiger partial charge in [-0.3, -0.25) is 4.79 Å². The summed E-state index contributed by atoms with van der Waals surface area (Å²) < 4.78 is 6.62. The molecule has 1 aromatic heterocycles. The summed E-state index contributed by atoms with van der Waals surface area (Å²) in [4.78, 5) is 29.3. The normalized spacial score (nSPS) is 18.7. The summed E-state index contributed by atoms with van der Waals surface area (Å²) >= 11 is 0. The summed E-state index contributed by atoms with van der Waals surface area (Å²) in [6.45, 7) is 3.33. The van der Waals surface area contributed by atoms with Crippen molar-refractivity contribution in [3.8, 4) is 0 Å². The zero-order chi connectivity index (χ0) is 19.0. The average molecular weight is 363 g/mol. The van der Waals surface area contributed by atoms with Gasteiger partial charge in [-0.25, -0.2) is 14.5 Å². The molecule has 0 amide bonds. The fraction of sp³-hybridized carbons (Fsp3) is 0.263. The summed E-state index contributed by atoms with van der Waals surface area (Å²) in [7, 11) is 0. The molecule has 0 N–H and O–H groups in total. The molecule has 1 aliphatic rings. The number of aliphatic imine (C=N–C) groups is 1. The van der Waals surface area contributed by atoms with Crippen molar-refractivity contribution in [1.82, 2.24) is 20.2 Å². The molecule has 3 aromatic rings. The van der Waals surface area contributed by atoms with E-state index in [9.17, 15) is 9.59 Å². The number of ether oxygens (including phenoxy) is 1. The van der Waals surface area contributed by atoms with Crippen LogP contribution in [0.3, 0.4) is 0 Å². The van der Waals surface area contributed by atoms with Crippen LogP contribution in [0.25, 0.3) is 10.8 Å². The first-order valence-electron chi connectivity index (χ1n) is 8.63. The van der Waals surface area contributed by atoms with Crippen LogP contribution in [0.1, 0.15) is 25.5 Å². The van der Waals surface area contributed by atoms with Crippen molar-refractivity contribution in [2.75, 3.05) is 6.61 Å². The van der Waals surface area contributed by atoms with E-state index >= 15 is 0 Å². The fourth-order valence-electron chi connectivity index (χ4n) is 3.52. The zero-order valence-corrected chi connectivity index (χ0v) is 14.9. The predicted molar refractivity (Wildman–Crippen MR) is 97.8 cm³/mol. The van der Waals surface area contributed by atoms with Gasteiger partial charge in [-0.15, -0.1) is 0 Å². The van der Waals surface area contributed by atoms with Gasteiger partial charge in [-0.05, 0) is 40.6 Å². The molecule has 0 spiro atoms. The number of ketones is 1. The molecule has 0 fully saturated rings. The van der Waals surface area contributed by atoms with E-state index in [4.69, 9.17) is 4.74 Å². The first-order valence-corrected chi connectivity index (χ1v) is 8.63. The molecule has 1 aliphatic heterocycles. The maximum Gasteiger partial charge on any atom is 0.353 e. The average Bonchev–Trinajstić information content (AvgIpc) is 3.14. The van der Waals surface area contributed by atoms with E-state index in [2.05, 4.69) is 20.5 Å². The Hall–Kier alpha value is -3.42. The Kier molecular flexibility index (Phi) is 4.23. The topological polar surface area (TPSA) is 99.3 Å². The van der Waals surface area contributed by atoms with Gasteiger partial charge in [-0.2, -0.15) is 0 Å². The van der Waals surface area contributed by atoms with Crippen molar-refractivity contribution in [1.29, 1.82) is 0 Å². The van der Waals surface area contributed by atoms with Crippen molar-refractivity contribution < 1.29 is 14.3 Å². The Morgan fingerprint density at radius 3 is 2.70 bits per heavy atom. The number of carbonyl (C=O) groups excluding carboxylic acids is 2. The number of esters is 1. The third kappa shape index (κ3) is 2.79. The number of benzene rings is 2. The zero-order valence-electron chi connectivity index (χ0n) is 14.9. The number of aromatic nitrogens is 4. The smallest absolute Gasteiger partial charge is 0.353 e. The number of nitrogens with zero attached hydrogens (tertiary/aromatic N) is 5. The van der Waals surface area contributed by atoms with Crippen LogP contribution >= 0.6 is 0 Å². The number of carbonyl (C=O) groups is 2. The van der Waals surface area contributed by atoms with Gasteiger partial charge in [0.05, 0.1) is 18.6 Å². The monoisotopic (exact) mass is 363 g/mol. The van der Waals surface area contributed by atoms with E-state index in [0.717, 1.165) is 16.3 Å². The minimum atomic E-state index is -0.842. The minimum absolute atomic E-state index is 0.0320. The highest BCUT2D eigenvalue weighted by Gasteiger charge is 2.43. The lowest BCUT2D eigenvalue weighted by Crippen LogP contribution is -2.40. The van der Waals surface area contributed by atoms with Crippen LogP contribution < -0.4 is 0 Å². The van der Waals surface area contributed by atoms with Gasteiger partial charge in [0, 0.05) is 0 Å². The Bertz CT molecular complexity index is 1070. The van der Waals surface area contributed by atoms with Crippen LogP contribution in [-0.2, 0) is 14.3 Å². The third-order valence-electron chi connectivity index (χ3n) is 4.63. The molecule has 2 heterocycles. The van der Waals surface area contributed by atoms with Gasteiger partial charge in [0.1, 0.15) is 11.5 Å². The van der Waals surface area contributed by atoms with Gasteiger partial charge >= 0.3 is 5.97 Å². The quantitative estimate of drug-likeness (QED) is 0.659. The molecule has 2 aromatic carbocycles. The predicted octanol–water partition coefficient (Wildman–Crippen LogP) is 2.27. The number of tetrazole rings is 1. The molecule has 0 bridgehead atoms. The van der Waals surface area contributed by atoms with Gasteiger partial charge in [-0.1, -0.05) is 47.6 Å². The third-order valence-corrected chi connectivity index (χ3v) is 4.63. The van der Waals surface area contributed by atoms with Gasteiger partial charge in [0.2, 0.25) is 0 Å². The van der Waals surface area contributed by atoms with Crippen molar-refractivity contribution in [2.24, 2.45) is 10.9 Å². The second-order valence-electron chi connectivity index (χ2n) is 6.24. The molecule has 0 saturated carbocycles. The highest BCUT2D eigenvalue weighted by atomic mass is 16.5. The van der Waals surface area contributed by atoms with E-state index in [1.54, 1.807) is 6.92 Å². The molecule has 2 unspecified atom stereocenters. The molecular weight excluding hydrogens is 346 g/mol. The fourth-order valence-corrected chi connectivity index (χ4v) is 3.52. The maximum absolute atomic E-state index is 12.6. The van der Waals surface area contributed by atoms with E-state index in [1.165, 1.54) is 11.6 Å². The molecule has 27 heavy (non-hydrogen) atoms. The number of rotatable bonds is 4. The van der Waals surface area contributed by atoms with Crippen LogP contribution in [0, 0.1) is 5.92 Å². The van der Waals surface area contributed by atoms with E-state index in [-0.39, 0.29) is 24.1 Å². The molecule has 0 saturated heterocycles. The van der Waals surface area contributed by atoms with E-state index in [1.807, 2.05) is 42.5 Å². The first-order chi connectivity index (χ1) is 13.1. The molecule has 2 atom stereocenters. The van der Waals surface area contributed by atoms with Crippen LogP contribution in [0.15, 0.2) is 47.5 Å². The van der Waals surface area contributed by atoms with Crippen LogP contribution in [0.4, 0.5) is 5.95 Å². The molecule has 8 heteroatoms.